The SMILES string of the molecule is COc1cccc(CC(=O)N2CCO[C@@H](c3nc(C)cc(=O)[nH]3)C2)c1. The Morgan fingerprint density at radius 3 is 3.04 bits per heavy atom. The van der Waals surface area contributed by atoms with Crippen molar-refractivity contribution in [3.05, 3.63) is 57.8 Å². The lowest BCUT2D eigenvalue weighted by Crippen LogP contribution is -2.43. The number of rotatable bonds is 4. The highest BCUT2D eigenvalue weighted by Crippen LogP contribution is 2.20. The molecular formula is C18H21N3O4. The highest BCUT2D eigenvalue weighted by molar-refractivity contribution is 5.79. The van der Waals surface area contributed by atoms with Crippen molar-refractivity contribution in [1.82, 2.24) is 14.9 Å². The molecule has 7 nitrogen and oxygen atoms in total. The molecule has 1 aliphatic heterocycles. The molecule has 0 aliphatic carbocycles. The molecule has 7 heteroatoms. The van der Waals surface area contributed by atoms with Gasteiger partial charge in [0.15, 0.2) is 0 Å². The van der Waals surface area contributed by atoms with Gasteiger partial charge in [-0.1, -0.05) is 12.1 Å². The predicted molar refractivity (Wildman–Crippen MR) is 91.6 cm³/mol. The normalized spacial score (nSPS) is 17.4. The van der Waals surface area contributed by atoms with Gasteiger partial charge in [-0.05, 0) is 24.6 Å². The molecule has 1 fully saturated rings. The number of methoxy groups -OCH3 is 1. The molecule has 132 valence electrons. The number of benzene rings is 1. The van der Waals surface area contributed by atoms with Gasteiger partial charge < -0.3 is 19.4 Å². The first-order valence-corrected chi connectivity index (χ1v) is 8.15. The third-order valence-corrected chi connectivity index (χ3v) is 4.10. The van der Waals surface area contributed by atoms with Crippen molar-refractivity contribution >= 4 is 5.91 Å². The first-order valence-electron chi connectivity index (χ1n) is 8.15. The Hall–Kier alpha value is -2.67. The maximum atomic E-state index is 12.6. The maximum absolute atomic E-state index is 12.6. The zero-order valence-corrected chi connectivity index (χ0v) is 14.3. The topological polar surface area (TPSA) is 84.5 Å². The van der Waals surface area contributed by atoms with Crippen molar-refractivity contribution in [2.75, 3.05) is 26.8 Å². The van der Waals surface area contributed by atoms with Gasteiger partial charge in [0.1, 0.15) is 17.7 Å². The molecule has 0 radical (unpaired) electrons. The van der Waals surface area contributed by atoms with Gasteiger partial charge in [-0.25, -0.2) is 4.98 Å². The van der Waals surface area contributed by atoms with E-state index in [1.807, 2.05) is 24.3 Å². The number of nitrogens with one attached hydrogen (secondary N) is 1. The van der Waals surface area contributed by atoms with Crippen molar-refractivity contribution in [2.45, 2.75) is 19.4 Å². The number of amides is 1. The van der Waals surface area contributed by atoms with Crippen LogP contribution in [0.15, 0.2) is 35.1 Å². The van der Waals surface area contributed by atoms with Crippen molar-refractivity contribution in [2.24, 2.45) is 0 Å². The van der Waals surface area contributed by atoms with Gasteiger partial charge in [0.25, 0.3) is 5.56 Å². The van der Waals surface area contributed by atoms with Crippen molar-refractivity contribution < 1.29 is 14.3 Å². The number of hydrogen-bond acceptors (Lipinski definition) is 5. The summed E-state index contributed by atoms with van der Waals surface area (Å²) in [5, 5.41) is 0. The van der Waals surface area contributed by atoms with Gasteiger partial charge in [-0.2, -0.15) is 0 Å². The summed E-state index contributed by atoms with van der Waals surface area (Å²) in [6.45, 7) is 3.06. The van der Waals surface area contributed by atoms with Gasteiger partial charge in [-0.3, -0.25) is 9.59 Å². The lowest BCUT2D eigenvalue weighted by molar-refractivity contribution is -0.138. The summed E-state index contributed by atoms with van der Waals surface area (Å²) in [6.07, 6.45) is -0.127. The minimum Gasteiger partial charge on any atom is -0.497 e. The fourth-order valence-corrected chi connectivity index (χ4v) is 2.86. The largest absolute Gasteiger partial charge is 0.497 e. The number of aromatic nitrogens is 2. The van der Waals surface area contributed by atoms with E-state index < -0.39 is 6.10 Å². The van der Waals surface area contributed by atoms with Crippen LogP contribution in [0.25, 0.3) is 0 Å². The molecule has 3 rings (SSSR count). The van der Waals surface area contributed by atoms with Crippen LogP contribution in [0.3, 0.4) is 0 Å². The van der Waals surface area contributed by atoms with Gasteiger partial charge in [0.2, 0.25) is 5.91 Å². The van der Waals surface area contributed by atoms with Crippen LogP contribution in [0.4, 0.5) is 0 Å². The highest BCUT2D eigenvalue weighted by Gasteiger charge is 2.27. The van der Waals surface area contributed by atoms with Crippen molar-refractivity contribution in [3.8, 4) is 5.75 Å². The molecule has 1 aromatic heterocycles. The fourth-order valence-electron chi connectivity index (χ4n) is 2.86. The standard InChI is InChI=1S/C18H21N3O4/c1-12-8-16(22)20-18(19-12)15-11-21(6-7-25-15)17(23)10-13-4-3-5-14(9-13)24-2/h3-5,8-9,15H,6-7,10-11H2,1-2H3,(H,19,20,22)/t15-/m1/s1. The number of aromatic amines is 1. The molecule has 2 aromatic rings. The monoisotopic (exact) mass is 343 g/mol. The molecule has 1 aliphatic rings. The minimum atomic E-state index is -0.421. The summed E-state index contributed by atoms with van der Waals surface area (Å²) in [6, 6.07) is 8.90. The lowest BCUT2D eigenvalue weighted by Gasteiger charge is -2.32. The van der Waals surface area contributed by atoms with E-state index in [0.29, 0.717) is 37.6 Å². The third-order valence-electron chi connectivity index (χ3n) is 4.10. The zero-order valence-electron chi connectivity index (χ0n) is 14.3. The molecule has 0 unspecified atom stereocenters. The molecule has 1 aromatic carbocycles. The molecule has 2 heterocycles. The van der Waals surface area contributed by atoms with Crippen LogP contribution in [-0.4, -0.2) is 47.6 Å². The van der Waals surface area contributed by atoms with Crippen LogP contribution in [0.2, 0.25) is 0 Å². The Morgan fingerprint density at radius 1 is 1.44 bits per heavy atom. The third kappa shape index (κ3) is 4.24. The summed E-state index contributed by atoms with van der Waals surface area (Å²) in [4.78, 5) is 33.0. The summed E-state index contributed by atoms with van der Waals surface area (Å²) in [5.74, 6) is 1.20. The Kier molecular flexibility index (Phi) is 5.14. The number of nitrogens with zero attached hydrogens (tertiary/aromatic N) is 2. The summed E-state index contributed by atoms with van der Waals surface area (Å²) < 4.78 is 10.9. The molecule has 1 N–H and O–H groups in total. The smallest absolute Gasteiger partial charge is 0.251 e. The van der Waals surface area contributed by atoms with Crippen LogP contribution in [-0.2, 0) is 16.0 Å². The number of ether oxygens (including phenoxy) is 2. The van der Waals surface area contributed by atoms with E-state index in [4.69, 9.17) is 9.47 Å². The lowest BCUT2D eigenvalue weighted by atomic mass is 10.1. The Balaban J connectivity index is 1.70. The summed E-state index contributed by atoms with van der Waals surface area (Å²) in [7, 11) is 1.60. The van der Waals surface area contributed by atoms with E-state index in [0.717, 1.165) is 11.3 Å². The van der Waals surface area contributed by atoms with E-state index >= 15 is 0 Å². The van der Waals surface area contributed by atoms with Gasteiger partial charge in [0, 0.05) is 18.3 Å². The second-order valence-electron chi connectivity index (χ2n) is 6.00. The average molecular weight is 343 g/mol. The van der Waals surface area contributed by atoms with E-state index in [2.05, 4.69) is 9.97 Å². The first kappa shape index (κ1) is 17.2. The van der Waals surface area contributed by atoms with Crippen molar-refractivity contribution in [3.63, 3.8) is 0 Å². The minimum absolute atomic E-state index is 0.0107. The maximum Gasteiger partial charge on any atom is 0.251 e. The first-order chi connectivity index (χ1) is 12.0. The van der Waals surface area contributed by atoms with Gasteiger partial charge in [-0.15, -0.1) is 0 Å². The molecule has 1 saturated heterocycles. The average Bonchev–Trinajstić information content (AvgIpc) is 2.61. The van der Waals surface area contributed by atoms with E-state index in [9.17, 15) is 9.59 Å². The number of aryl methyl sites for hydroxylation is 1. The van der Waals surface area contributed by atoms with Crippen LogP contribution in [0.5, 0.6) is 5.75 Å². The molecule has 0 spiro atoms. The predicted octanol–water partition coefficient (Wildman–Crippen LogP) is 1.23. The van der Waals surface area contributed by atoms with Gasteiger partial charge in [0.05, 0.1) is 26.7 Å². The number of hydrogen-bond donors (Lipinski definition) is 1. The Labute approximate surface area is 145 Å². The summed E-state index contributed by atoms with van der Waals surface area (Å²) in [5.41, 5.74) is 1.31. The van der Waals surface area contributed by atoms with Crippen LogP contribution >= 0.6 is 0 Å². The Bertz CT molecular complexity index is 818. The number of carbonyl (C=O) groups is 1. The second-order valence-corrected chi connectivity index (χ2v) is 6.00. The van der Waals surface area contributed by atoms with E-state index in [1.165, 1.54) is 6.07 Å². The van der Waals surface area contributed by atoms with Crippen molar-refractivity contribution in [1.29, 1.82) is 0 Å². The number of carbonyl (C=O) groups excluding carboxylic acids is 1. The summed E-state index contributed by atoms with van der Waals surface area (Å²) >= 11 is 0. The Morgan fingerprint density at radius 2 is 2.28 bits per heavy atom. The zero-order chi connectivity index (χ0) is 17.8. The van der Waals surface area contributed by atoms with Crippen LogP contribution in [0.1, 0.15) is 23.2 Å². The fraction of sp³-hybridized carbons (Fsp3) is 0.389. The quantitative estimate of drug-likeness (QED) is 0.903. The molecule has 1 atom stereocenters. The molecule has 0 bridgehead atoms. The highest BCUT2D eigenvalue weighted by atomic mass is 16.5. The van der Waals surface area contributed by atoms with E-state index in [-0.39, 0.29) is 11.5 Å². The second kappa shape index (κ2) is 7.48. The van der Waals surface area contributed by atoms with Crippen LogP contribution in [0, 0.1) is 6.92 Å². The molecule has 25 heavy (non-hydrogen) atoms. The molecular weight excluding hydrogens is 322 g/mol. The molecule has 1 amide bonds. The molecule has 0 saturated carbocycles. The number of morpholine rings is 1. The number of H-pyrrole nitrogens is 1. The van der Waals surface area contributed by atoms with Crippen LogP contribution < -0.4 is 10.3 Å². The van der Waals surface area contributed by atoms with E-state index in [1.54, 1.807) is 18.9 Å². The van der Waals surface area contributed by atoms with Gasteiger partial charge >= 0.3 is 0 Å².